The van der Waals surface area contributed by atoms with Gasteiger partial charge in [0.05, 0.1) is 11.7 Å². The van der Waals surface area contributed by atoms with Crippen molar-refractivity contribution in [1.29, 1.82) is 0 Å². The maximum Gasteiger partial charge on any atom is 0.0839 e. The quantitative estimate of drug-likeness (QED) is 0.811. The maximum absolute atomic E-state index is 4.39. The molecule has 78 valence electrons. The highest BCUT2D eigenvalue weighted by molar-refractivity contribution is 5.24. The summed E-state index contributed by atoms with van der Waals surface area (Å²) in [5.74, 6) is 0. The monoisotopic (exact) mass is 202 g/mol. The second kappa shape index (κ2) is 4.23. The van der Waals surface area contributed by atoms with E-state index in [0.717, 1.165) is 5.69 Å². The fraction of sp³-hybridized carbons (Fsp3) is 0.273. The molecule has 15 heavy (non-hydrogen) atoms. The fourth-order valence-corrected chi connectivity index (χ4v) is 1.63. The lowest BCUT2D eigenvalue weighted by Crippen LogP contribution is -2.18. The summed E-state index contributed by atoms with van der Waals surface area (Å²) in [5.41, 5.74) is 2.19. The highest BCUT2D eigenvalue weighted by Crippen LogP contribution is 2.18. The van der Waals surface area contributed by atoms with Gasteiger partial charge >= 0.3 is 0 Å². The van der Waals surface area contributed by atoms with Gasteiger partial charge < -0.3 is 5.32 Å². The van der Waals surface area contributed by atoms with Crippen molar-refractivity contribution in [3.8, 4) is 0 Å². The Balaban J connectivity index is 2.33. The molecule has 2 aromatic heterocycles. The molecule has 0 saturated carbocycles. The maximum atomic E-state index is 4.39. The van der Waals surface area contributed by atoms with E-state index in [4.69, 9.17) is 0 Å². The van der Waals surface area contributed by atoms with Crippen LogP contribution in [0.4, 0.5) is 0 Å². The summed E-state index contributed by atoms with van der Waals surface area (Å²) in [4.78, 5) is 4.01. The molecule has 1 unspecified atom stereocenters. The molecule has 0 fully saturated rings. The van der Waals surface area contributed by atoms with Gasteiger partial charge in [0.25, 0.3) is 0 Å². The number of nitrogens with zero attached hydrogens (tertiary/aromatic N) is 3. The molecule has 1 atom stereocenters. The van der Waals surface area contributed by atoms with Crippen LogP contribution in [0.2, 0.25) is 0 Å². The van der Waals surface area contributed by atoms with Crippen molar-refractivity contribution in [2.75, 3.05) is 7.05 Å². The fourth-order valence-electron chi connectivity index (χ4n) is 1.63. The highest BCUT2D eigenvalue weighted by Gasteiger charge is 2.13. The van der Waals surface area contributed by atoms with E-state index in [1.807, 2.05) is 38.5 Å². The molecule has 1 N–H and O–H groups in total. The molecule has 0 spiro atoms. The first kappa shape index (κ1) is 9.86. The van der Waals surface area contributed by atoms with Gasteiger partial charge in [-0.3, -0.25) is 9.67 Å². The van der Waals surface area contributed by atoms with Gasteiger partial charge in [0.1, 0.15) is 0 Å². The molecule has 0 aliphatic rings. The zero-order valence-electron chi connectivity index (χ0n) is 8.88. The van der Waals surface area contributed by atoms with Crippen molar-refractivity contribution < 1.29 is 0 Å². The summed E-state index contributed by atoms with van der Waals surface area (Å²) in [6, 6.07) is 6.14. The molecular formula is C11H14N4. The van der Waals surface area contributed by atoms with Crippen LogP contribution in [0.3, 0.4) is 0 Å². The molecule has 0 amide bonds. The second-order valence-corrected chi connectivity index (χ2v) is 3.42. The van der Waals surface area contributed by atoms with E-state index < -0.39 is 0 Å². The van der Waals surface area contributed by atoms with Crippen LogP contribution in [0.25, 0.3) is 0 Å². The summed E-state index contributed by atoms with van der Waals surface area (Å²) in [6.45, 7) is 0. The van der Waals surface area contributed by atoms with E-state index in [2.05, 4.69) is 15.4 Å². The average molecular weight is 202 g/mol. The topological polar surface area (TPSA) is 42.7 Å². The number of rotatable bonds is 3. The molecule has 0 saturated heterocycles. The van der Waals surface area contributed by atoms with E-state index in [9.17, 15) is 0 Å². The predicted molar refractivity (Wildman–Crippen MR) is 58.3 cm³/mol. The predicted octanol–water partition coefficient (Wildman–Crippen LogP) is 1.12. The summed E-state index contributed by atoms with van der Waals surface area (Å²) >= 11 is 0. The Hall–Kier alpha value is -1.68. The number of aryl methyl sites for hydroxylation is 1. The minimum absolute atomic E-state index is 0.134. The third-order valence-corrected chi connectivity index (χ3v) is 2.36. The van der Waals surface area contributed by atoms with Gasteiger partial charge in [-0.2, -0.15) is 5.10 Å². The Kier molecular flexibility index (Phi) is 2.78. The summed E-state index contributed by atoms with van der Waals surface area (Å²) < 4.78 is 1.81. The molecule has 2 heterocycles. The van der Waals surface area contributed by atoms with Crippen molar-refractivity contribution in [3.05, 3.63) is 48.0 Å². The molecule has 2 rings (SSSR count). The Morgan fingerprint density at radius 1 is 1.27 bits per heavy atom. The van der Waals surface area contributed by atoms with E-state index in [0.29, 0.717) is 0 Å². The molecule has 0 aliphatic carbocycles. The number of nitrogens with one attached hydrogen (secondary N) is 1. The Bertz CT molecular complexity index is 421. The van der Waals surface area contributed by atoms with E-state index in [-0.39, 0.29) is 6.04 Å². The third kappa shape index (κ3) is 2.05. The first-order chi connectivity index (χ1) is 7.31. The molecule has 4 nitrogen and oxygen atoms in total. The van der Waals surface area contributed by atoms with Gasteiger partial charge in [-0.25, -0.2) is 0 Å². The normalized spacial score (nSPS) is 12.7. The molecule has 4 heteroatoms. The Morgan fingerprint density at radius 2 is 2.00 bits per heavy atom. The number of pyridine rings is 1. The summed E-state index contributed by atoms with van der Waals surface area (Å²) in [5, 5.41) is 7.64. The largest absolute Gasteiger partial charge is 0.308 e. The molecule has 2 aromatic rings. The smallest absolute Gasteiger partial charge is 0.0839 e. The van der Waals surface area contributed by atoms with Crippen molar-refractivity contribution in [2.45, 2.75) is 6.04 Å². The number of hydrogen-bond donors (Lipinski definition) is 1. The molecule has 0 radical (unpaired) electrons. The molecule has 0 aromatic carbocycles. The second-order valence-electron chi connectivity index (χ2n) is 3.42. The number of hydrogen-bond acceptors (Lipinski definition) is 3. The first-order valence-electron chi connectivity index (χ1n) is 4.88. The molecular weight excluding hydrogens is 188 g/mol. The van der Waals surface area contributed by atoms with Crippen LogP contribution in [0, 0.1) is 0 Å². The Labute approximate surface area is 89.0 Å². The van der Waals surface area contributed by atoms with E-state index in [1.54, 1.807) is 17.1 Å². The average Bonchev–Trinajstić information content (AvgIpc) is 2.68. The zero-order chi connectivity index (χ0) is 10.7. The van der Waals surface area contributed by atoms with Gasteiger partial charge in [-0.05, 0) is 30.8 Å². The van der Waals surface area contributed by atoms with Crippen LogP contribution in [-0.4, -0.2) is 21.8 Å². The first-order valence-corrected chi connectivity index (χ1v) is 4.88. The minimum Gasteiger partial charge on any atom is -0.308 e. The van der Waals surface area contributed by atoms with E-state index >= 15 is 0 Å². The van der Waals surface area contributed by atoms with Crippen molar-refractivity contribution in [2.24, 2.45) is 7.05 Å². The standard InChI is InChI=1S/C11H14N4/c1-12-11(9-3-6-13-7-4-9)10-5-8-15(2)14-10/h3-8,11-12H,1-2H3. The van der Waals surface area contributed by atoms with E-state index in [1.165, 1.54) is 5.56 Å². The minimum atomic E-state index is 0.134. The van der Waals surface area contributed by atoms with Crippen LogP contribution < -0.4 is 5.32 Å². The summed E-state index contributed by atoms with van der Waals surface area (Å²) in [7, 11) is 3.85. The van der Waals surface area contributed by atoms with Crippen molar-refractivity contribution in [1.82, 2.24) is 20.1 Å². The van der Waals surface area contributed by atoms with Gasteiger partial charge in [-0.15, -0.1) is 0 Å². The van der Waals surface area contributed by atoms with Gasteiger partial charge in [-0.1, -0.05) is 0 Å². The van der Waals surface area contributed by atoms with Gasteiger partial charge in [0.2, 0.25) is 0 Å². The lowest BCUT2D eigenvalue weighted by atomic mass is 10.1. The van der Waals surface area contributed by atoms with Crippen LogP contribution in [0.5, 0.6) is 0 Å². The number of aromatic nitrogens is 3. The van der Waals surface area contributed by atoms with Crippen LogP contribution >= 0.6 is 0 Å². The zero-order valence-corrected chi connectivity index (χ0v) is 8.88. The molecule has 0 bridgehead atoms. The van der Waals surface area contributed by atoms with Crippen LogP contribution in [0.15, 0.2) is 36.8 Å². The lowest BCUT2D eigenvalue weighted by Gasteiger charge is -2.13. The summed E-state index contributed by atoms with van der Waals surface area (Å²) in [6.07, 6.45) is 5.53. The Morgan fingerprint density at radius 3 is 2.53 bits per heavy atom. The van der Waals surface area contributed by atoms with Crippen molar-refractivity contribution in [3.63, 3.8) is 0 Å². The van der Waals surface area contributed by atoms with Crippen LogP contribution in [0.1, 0.15) is 17.3 Å². The highest BCUT2D eigenvalue weighted by atomic mass is 15.3. The van der Waals surface area contributed by atoms with Gasteiger partial charge in [0.15, 0.2) is 0 Å². The van der Waals surface area contributed by atoms with Gasteiger partial charge in [0, 0.05) is 25.6 Å². The SMILES string of the molecule is CNC(c1ccncc1)c1ccn(C)n1. The van der Waals surface area contributed by atoms with Crippen molar-refractivity contribution >= 4 is 0 Å². The lowest BCUT2D eigenvalue weighted by molar-refractivity contribution is 0.641. The van der Waals surface area contributed by atoms with Crippen LogP contribution in [-0.2, 0) is 7.05 Å². The third-order valence-electron chi connectivity index (χ3n) is 2.36. The molecule has 0 aliphatic heterocycles.